The number of aromatic carboxylic acids is 1. The lowest BCUT2D eigenvalue weighted by Gasteiger charge is -2.02. The first-order valence-electron chi connectivity index (χ1n) is 5.08. The zero-order chi connectivity index (χ0) is 13.0. The van der Waals surface area contributed by atoms with Crippen molar-refractivity contribution in [2.24, 2.45) is 0 Å². The molecule has 2 aromatic heterocycles. The maximum atomic E-state index is 10.7. The summed E-state index contributed by atoms with van der Waals surface area (Å²) in [6.45, 7) is 0. The van der Waals surface area contributed by atoms with Gasteiger partial charge in [-0.15, -0.1) is 11.8 Å². The van der Waals surface area contributed by atoms with E-state index in [2.05, 4.69) is 9.97 Å². The van der Waals surface area contributed by atoms with Crippen LogP contribution < -0.4 is 0 Å². The third-order valence-electron chi connectivity index (χ3n) is 2.16. The van der Waals surface area contributed by atoms with Gasteiger partial charge in [0, 0.05) is 18.1 Å². The quantitative estimate of drug-likeness (QED) is 0.689. The average molecular weight is 281 g/mol. The highest BCUT2D eigenvalue weighted by molar-refractivity contribution is 7.98. The van der Waals surface area contributed by atoms with E-state index >= 15 is 0 Å². The van der Waals surface area contributed by atoms with Crippen molar-refractivity contribution in [3.63, 3.8) is 0 Å². The smallest absolute Gasteiger partial charge is 0.337 e. The van der Waals surface area contributed by atoms with E-state index in [9.17, 15) is 4.79 Å². The normalized spacial score (nSPS) is 10.3. The minimum Gasteiger partial charge on any atom is -0.478 e. The fraction of sp³-hybridized carbons (Fsp3) is 0.0833. The summed E-state index contributed by atoms with van der Waals surface area (Å²) in [5, 5.41) is 9.98. The van der Waals surface area contributed by atoms with E-state index in [-0.39, 0.29) is 5.56 Å². The van der Waals surface area contributed by atoms with Gasteiger partial charge in [-0.1, -0.05) is 11.6 Å². The molecule has 2 aromatic rings. The molecule has 0 atom stereocenters. The summed E-state index contributed by atoms with van der Waals surface area (Å²) in [7, 11) is 0. The monoisotopic (exact) mass is 280 g/mol. The molecule has 0 aromatic carbocycles. The van der Waals surface area contributed by atoms with Gasteiger partial charge in [0.1, 0.15) is 5.15 Å². The number of nitrogens with zero attached hydrogens (tertiary/aromatic N) is 2. The van der Waals surface area contributed by atoms with Gasteiger partial charge in [-0.3, -0.25) is 0 Å². The van der Waals surface area contributed by atoms with E-state index in [4.69, 9.17) is 16.7 Å². The van der Waals surface area contributed by atoms with Crippen LogP contribution in [0, 0.1) is 0 Å². The highest BCUT2D eigenvalue weighted by Crippen LogP contribution is 2.21. The van der Waals surface area contributed by atoms with Gasteiger partial charge in [0.05, 0.1) is 10.6 Å². The number of hydrogen-bond donors (Lipinski definition) is 1. The molecule has 92 valence electrons. The number of rotatable bonds is 4. The maximum absolute atomic E-state index is 10.7. The zero-order valence-corrected chi connectivity index (χ0v) is 10.8. The molecule has 0 radical (unpaired) electrons. The Morgan fingerprint density at radius 3 is 2.78 bits per heavy atom. The molecule has 0 fully saturated rings. The van der Waals surface area contributed by atoms with Crippen molar-refractivity contribution in [3.05, 3.63) is 52.9 Å². The van der Waals surface area contributed by atoms with Gasteiger partial charge in [-0.25, -0.2) is 14.8 Å². The van der Waals surface area contributed by atoms with Gasteiger partial charge in [-0.2, -0.15) is 0 Å². The van der Waals surface area contributed by atoms with E-state index in [0.29, 0.717) is 10.9 Å². The predicted octanol–water partition coefficient (Wildman–Crippen LogP) is 3.12. The summed E-state index contributed by atoms with van der Waals surface area (Å²) in [5.74, 6) is -0.262. The van der Waals surface area contributed by atoms with E-state index in [1.165, 1.54) is 24.0 Å². The van der Waals surface area contributed by atoms with E-state index < -0.39 is 5.97 Å². The van der Waals surface area contributed by atoms with Gasteiger partial charge >= 0.3 is 5.97 Å². The van der Waals surface area contributed by atoms with Crippen LogP contribution in [0.1, 0.15) is 15.9 Å². The minimum absolute atomic E-state index is 0.186. The highest BCUT2D eigenvalue weighted by atomic mass is 35.5. The van der Waals surface area contributed by atoms with Crippen LogP contribution >= 0.6 is 23.4 Å². The van der Waals surface area contributed by atoms with Gasteiger partial charge in [-0.05, 0) is 29.8 Å². The number of aromatic nitrogens is 2. The molecule has 0 saturated heterocycles. The first-order chi connectivity index (χ1) is 8.65. The summed E-state index contributed by atoms with van der Waals surface area (Å²) in [5.41, 5.74) is 1.23. The molecular weight excluding hydrogens is 272 g/mol. The van der Waals surface area contributed by atoms with Crippen molar-refractivity contribution in [3.8, 4) is 0 Å². The van der Waals surface area contributed by atoms with E-state index in [1.54, 1.807) is 18.3 Å². The second kappa shape index (κ2) is 5.84. The number of thioether (sulfide) groups is 1. The molecule has 0 aliphatic heterocycles. The standard InChI is InChI=1S/C12H9ClN2O2S/c13-10-5-8(3-4-14-10)7-18-11-2-1-9(6-15-11)12(16)17/h1-6H,7H2,(H,16,17). The lowest BCUT2D eigenvalue weighted by atomic mass is 10.3. The number of carboxylic acids is 1. The number of carbonyl (C=O) groups is 1. The molecule has 4 nitrogen and oxygen atoms in total. The highest BCUT2D eigenvalue weighted by Gasteiger charge is 2.03. The molecule has 0 bridgehead atoms. The van der Waals surface area contributed by atoms with E-state index in [0.717, 1.165) is 10.6 Å². The number of carboxylic acid groups (broad SMARTS) is 1. The zero-order valence-electron chi connectivity index (χ0n) is 9.21. The van der Waals surface area contributed by atoms with Crippen LogP contribution in [0.4, 0.5) is 0 Å². The molecule has 0 unspecified atom stereocenters. The van der Waals surface area contributed by atoms with Crippen molar-refractivity contribution >= 4 is 29.3 Å². The topological polar surface area (TPSA) is 63.1 Å². The van der Waals surface area contributed by atoms with E-state index in [1.807, 2.05) is 6.07 Å². The maximum Gasteiger partial charge on any atom is 0.337 e. The molecule has 18 heavy (non-hydrogen) atoms. The summed E-state index contributed by atoms with van der Waals surface area (Å²) >= 11 is 7.29. The fourth-order valence-corrected chi connectivity index (χ4v) is 2.26. The minimum atomic E-state index is -0.972. The SMILES string of the molecule is O=C(O)c1ccc(SCc2ccnc(Cl)c2)nc1. The Morgan fingerprint density at radius 2 is 2.17 bits per heavy atom. The molecule has 0 aliphatic rings. The molecule has 0 saturated carbocycles. The Labute approximate surface area is 113 Å². The molecule has 6 heteroatoms. The van der Waals surface area contributed by atoms with Crippen molar-refractivity contribution in [1.29, 1.82) is 0 Å². The van der Waals surface area contributed by atoms with Crippen LogP contribution in [0.25, 0.3) is 0 Å². The molecule has 1 N–H and O–H groups in total. The second-order valence-corrected chi connectivity index (χ2v) is 4.85. The summed E-state index contributed by atoms with van der Waals surface area (Å²) in [6, 6.07) is 6.90. The summed E-state index contributed by atoms with van der Waals surface area (Å²) in [4.78, 5) is 18.6. The van der Waals surface area contributed by atoms with Crippen LogP contribution in [0.3, 0.4) is 0 Å². The summed E-state index contributed by atoms with van der Waals surface area (Å²) < 4.78 is 0. The second-order valence-electron chi connectivity index (χ2n) is 3.47. The largest absolute Gasteiger partial charge is 0.478 e. The van der Waals surface area contributed by atoms with Crippen molar-refractivity contribution < 1.29 is 9.90 Å². The number of hydrogen-bond acceptors (Lipinski definition) is 4. The van der Waals surface area contributed by atoms with Crippen LogP contribution in [0.15, 0.2) is 41.7 Å². The van der Waals surface area contributed by atoms with Gasteiger partial charge in [0.15, 0.2) is 0 Å². The molecule has 0 spiro atoms. The van der Waals surface area contributed by atoms with Gasteiger partial charge in [0.2, 0.25) is 0 Å². The predicted molar refractivity (Wildman–Crippen MR) is 70.0 cm³/mol. The first kappa shape index (κ1) is 12.9. The van der Waals surface area contributed by atoms with Gasteiger partial charge in [0.25, 0.3) is 0 Å². The Bertz CT molecular complexity index is 560. The number of halogens is 1. The Balaban J connectivity index is 2.00. The lowest BCUT2D eigenvalue weighted by Crippen LogP contribution is -1.96. The summed E-state index contributed by atoms with van der Waals surface area (Å²) in [6.07, 6.45) is 3.00. The van der Waals surface area contributed by atoms with Crippen molar-refractivity contribution in [2.75, 3.05) is 0 Å². The van der Waals surface area contributed by atoms with Crippen molar-refractivity contribution in [2.45, 2.75) is 10.8 Å². The third-order valence-corrected chi connectivity index (χ3v) is 3.38. The molecule has 2 rings (SSSR count). The fourth-order valence-electron chi connectivity index (χ4n) is 1.28. The third kappa shape index (κ3) is 3.45. The van der Waals surface area contributed by atoms with Crippen LogP contribution in [0.5, 0.6) is 0 Å². The number of pyridine rings is 2. The first-order valence-corrected chi connectivity index (χ1v) is 6.44. The van der Waals surface area contributed by atoms with Gasteiger partial charge < -0.3 is 5.11 Å². The Hall–Kier alpha value is -1.59. The molecular formula is C12H9ClN2O2S. The van der Waals surface area contributed by atoms with Crippen LogP contribution in [-0.4, -0.2) is 21.0 Å². The molecule has 0 amide bonds. The van der Waals surface area contributed by atoms with Crippen molar-refractivity contribution in [1.82, 2.24) is 9.97 Å². The molecule has 2 heterocycles. The Kier molecular flexibility index (Phi) is 4.17. The average Bonchev–Trinajstić information content (AvgIpc) is 2.37. The Morgan fingerprint density at radius 1 is 1.33 bits per heavy atom. The lowest BCUT2D eigenvalue weighted by molar-refractivity contribution is 0.0696. The van der Waals surface area contributed by atoms with Crippen LogP contribution in [0.2, 0.25) is 5.15 Å². The van der Waals surface area contributed by atoms with Crippen LogP contribution in [-0.2, 0) is 5.75 Å². The molecule has 0 aliphatic carbocycles.